The summed E-state index contributed by atoms with van der Waals surface area (Å²) < 4.78 is 10.4. The number of fused-ring (bicyclic) bond motifs is 1. The van der Waals surface area contributed by atoms with E-state index in [0.29, 0.717) is 11.4 Å². The SMILES string of the molecule is COC(=O)c1cc(NC(=O)[C@H](C)Oc2ccc3ccccc3c2)ccc1Cl. The summed E-state index contributed by atoms with van der Waals surface area (Å²) in [5.41, 5.74) is 0.610. The average Bonchev–Trinajstić information content (AvgIpc) is 2.68. The highest BCUT2D eigenvalue weighted by Gasteiger charge is 2.17. The molecule has 1 N–H and O–H groups in total. The lowest BCUT2D eigenvalue weighted by Crippen LogP contribution is -2.30. The monoisotopic (exact) mass is 383 g/mol. The number of anilines is 1. The van der Waals surface area contributed by atoms with Crippen molar-refractivity contribution in [2.75, 3.05) is 12.4 Å². The number of carbonyl (C=O) groups is 2. The molecule has 0 fully saturated rings. The van der Waals surface area contributed by atoms with E-state index in [0.717, 1.165) is 10.8 Å². The summed E-state index contributed by atoms with van der Waals surface area (Å²) >= 11 is 5.99. The molecule has 0 spiro atoms. The first-order valence-electron chi connectivity index (χ1n) is 8.32. The molecule has 1 atom stereocenters. The lowest BCUT2D eigenvalue weighted by molar-refractivity contribution is -0.122. The summed E-state index contributed by atoms with van der Waals surface area (Å²) in [4.78, 5) is 24.1. The number of methoxy groups -OCH3 is 1. The molecule has 0 unspecified atom stereocenters. The van der Waals surface area contributed by atoms with Gasteiger partial charge in [0.15, 0.2) is 6.10 Å². The standard InChI is InChI=1S/C21H18ClNO4/c1-13(27-17-9-7-14-5-3-4-6-15(14)11-17)20(24)23-16-8-10-19(22)18(12-16)21(25)26-2/h3-13H,1-2H3,(H,23,24)/t13-/m0/s1. The van der Waals surface area contributed by atoms with E-state index < -0.39 is 12.1 Å². The van der Waals surface area contributed by atoms with Gasteiger partial charge < -0.3 is 14.8 Å². The van der Waals surface area contributed by atoms with Crippen LogP contribution in [0.4, 0.5) is 5.69 Å². The molecule has 0 bridgehead atoms. The number of nitrogens with one attached hydrogen (secondary N) is 1. The van der Waals surface area contributed by atoms with Crippen molar-refractivity contribution >= 4 is 39.9 Å². The Labute approximate surface area is 161 Å². The topological polar surface area (TPSA) is 64.6 Å². The van der Waals surface area contributed by atoms with Crippen LogP contribution in [-0.2, 0) is 9.53 Å². The van der Waals surface area contributed by atoms with Gasteiger partial charge in [0.1, 0.15) is 5.75 Å². The summed E-state index contributed by atoms with van der Waals surface area (Å²) in [5, 5.41) is 5.09. The molecule has 0 radical (unpaired) electrons. The van der Waals surface area contributed by atoms with Crippen LogP contribution in [0, 0.1) is 0 Å². The Balaban J connectivity index is 1.71. The van der Waals surface area contributed by atoms with Crippen molar-refractivity contribution in [2.24, 2.45) is 0 Å². The number of carbonyl (C=O) groups excluding carboxylic acids is 2. The van der Waals surface area contributed by atoms with Crippen LogP contribution >= 0.6 is 11.6 Å². The minimum absolute atomic E-state index is 0.181. The predicted molar refractivity (Wildman–Crippen MR) is 105 cm³/mol. The maximum absolute atomic E-state index is 12.4. The van der Waals surface area contributed by atoms with Crippen molar-refractivity contribution < 1.29 is 19.1 Å². The normalized spacial score (nSPS) is 11.7. The zero-order valence-corrected chi connectivity index (χ0v) is 15.6. The van der Waals surface area contributed by atoms with Crippen molar-refractivity contribution in [3.05, 3.63) is 71.2 Å². The van der Waals surface area contributed by atoms with Gasteiger partial charge in [0, 0.05) is 5.69 Å². The van der Waals surface area contributed by atoms with Crippen LogP contribution in [0.25, 0.3) is 10.8 Å². The number of amides is 1. The molecule has 3 rings (SSSR count). The van der Waals surface area contributed by atoms with E-state index in [1.165, 1.54) is 19.2 Å². The highest BCUT2D eigenvalue weighted by atomic mass is 35.5. The van der Waals surface area contributed by atoms with Crippen LogP contribution in [0.15, 0.2) is 60.7 Å². The van der Waals surface area contributed by atoms with Crippen LogP contribution in [0.2, 0.25) is 5.02 Å². The molecule has 3 aromatic carbocycles. The van der Waals surface area contributed by atoms with Crippen LogP contribution < -0.4 is 10.1 Å². The third-order valence-corrected chi connectivity index (χ3v) is 4.37. The smallest absolute Gasteiger partial charge is 0.339 e. The number of halogens is 1. The first kappa shape index (κ1) is 18.7. The molecule has 1 amide bonds. The van der Waals surface area contributed by atoms with E-state index in [1.807, 2.05) is 42.5 Å². The molecule has 5 nitrogen and oxygen atoms in total. The Hall–Kier alpha value is -3.05. The summed E-state index contributed by atoms with van der Waals surface area (Å²) in [7, 11) is 1.27. The Kier molecular flexibility index (Phi) is 5.62. The average molecular weight is 384 g/mol. The third-order valence-electron chi connectivity index (χ3n) is 4.04. The van der Waals surface area contributed by atoms with E-state index in [9.17, 15) is 9.59 Å². The third kappa shape index (κ3) is 4.38. The minimum Gasteiger partial charge on any atom is -0.481 e. The molecule has 6 heteroatoms. The Morgan fingerprint density at radius 3 is 2.48 bits per heavy atom. The Morgan fingerprint density at radius 1 is 1.00 bits per heavy atom. The van der Waals surface area contributed by atoms with Gasteiger partial charge in [-0.15, -0.1) is 0 Å². The first-order valence-corrected chi connectivity index (χ1v) is 8.70. The molecule has 0 heterocycles. The van der Waals surface area contributed by atoms with Gasteiger partial charge in [-0.2, -0.15) is 0 Å². The molecule has 3 aromatic rings. The fourth-order valence-corrected chi connectivity index (χ4v) is 2.81. The van der Waals surface area contributed by atoms with Gasteiger partial charge in [0.25, 0.3) is 5.91 Å². The summed E-state index contributed by atoms with van der Waals surface area (Å²) in [5.74, 6) is -0.319. The highest BCUT2D eigenvalue weighted by Crippen LogP contribution is 2.23. The number of hydrogen-bond acceptors (Lipinski definition) is 4. The first-order chi connectivity index (χ1) is 13.0. The van der Waals surface area contributed by atoms with Gasteiger partial charge in [-0.1, -0.05) is 41.9 Å². The van der Waals surface area contributed by atoms with E-state index in [2.05, 4.69) is 10.1 Å². The van der Waals surface area contributed by atoms with E-state index in [4.69, 9.17) is 16.3 Å². The zero-order valence-electron chi connectivity index (χ0n) is 14.9. The molecule has 27 heavy (non-hydrogen) atoms. The largest absolute Gasteiger partial charge is 0.481 e. The second-order valence-corrected chi connectivity index (χ2v) is 6.35. The quantitative estimate of drug-likeness (QED) is 0.649. The van der Waals surface area contributed by atoms with Gasteiger partial charge in [-0.3, -0.25) is 4.79 Å². The maximum atomic E-state index is 12.4. The minimum atomic E-state index is -0.733. The molecule has 0 saturated heterocycles. The summed E-state index contributed by atoms with van der Waals surface area (Å²) in [6.07, 6.45) is -0.733. The second-order valence-electron chi connectivity index (χ2n) is 5.94. The lowest BCUT2D eigenvalue weighted by atomic mass is 10.1. The van der Waals surface area contributed by atoms with Gasteiger partial charge in [-0.05, 0) is 48.0 Å². The number of hydrogen-bond donors (Lipinski definition) is 1. The van der Waals surface area contributed by atoms with Gasteiger partial charge >= 0.3 is 5.97 Å². The van der Waals surface area contributed by atoms with Gasteiger partial charge in [0.2, 0.25) is 0 Å². The molecule has 0 aromatic heterocycles. The van der Waals surface area contributed by atoms with Gasteiger partial charge in [0.05, 0.1) is 17.7 Å². The molecule has 0 aliphatic rings. The second kappa shape index (κ2) is 8.10. The highest BCUT2D eigenvalue weighted by molar-refractivity contribution is 6.33. The van der Waals surface area contributed by atoms with Crippen molar-refractivity contribution in [3.8, 4) is 5.75 Å². The molecular formula is C21H18ClNO4. The molecule has 0 aliphatic carbocycles. The van der Waals surface area contributed by atoms with Crippen molar-refractivity contribution in [1.82, 2.24) is 0 Å². The number of esters is 1. The number of rotatable bonds is 5. The number of ether oxygens (including phenoxy) is 2. The van der Waals surface area contributed by atoms with Crippen LogP contribution in [0.1, 0.15) is 17.3 Å². The summed E-state index contributed by atoms with van der Waals surface area (Å²) in [6, 6.07) is 18.2. The summed E-state index contributed by atoms with van der Waals surface area (Å²) in [6.45, 7) is 1.65. The van der Waals surface area contributed by atoms with Crippen LogP contribution in [0.3, 0.4) is 0 Å². The molecule has 0 aliphatic heterocycles. The van der Waals surface area contributed by atoms with E-state index in [1.54, 1.807) is 13.0 Å². The fourth-order valence-electron chi connectivity index (χ4n) is 2.61. The zero-order chi connectivity index (χ0) is 19.4. The van der Waals surface area contributed by atoms with Crippen molar-refractivity contribution in [1.29, 1.82) is 0 Å². The van der Waals surface area contributed by atoms with E-state index in [-0.39, 0.29) is 16.5 Å². The molecule has 138 valence electrons. The molecular weight excluding hydrogens is 366 g/mol. The van der Waals surface area contributed by atoms with E-state index >= 15 is 0 Å². The fraction of sp³-hybridized carbons (Fsp3) is 0.143. The van der Waals surface area contributed by atoms with Crippen molar-refractivity contribution in [3.63, 3.8) is 0 Å². The number of benzene rings is 3. The Morgan fingerprint density at radius 2 is 1.74 bits per heavy atom. The lowest BCUT2D eigenvalue weighted by Gasteiger charge is -2.15. The van der Waals surface area contributed by atoms with Crippen LogP contribution in [-0.4, -0.2) is 25.1 Å². The van der Waals surface area contributed by atoms with Crippen molar-refractivity contribution in [2.45, 2.75) is 13.0 Å². The van der Waals surface area contributed by atoms with Crippen LogP contribution in [0.5, 0.6) is 5.75 Å². The Bertz CT molecular complexity index is 1000. The maximum Gasteiger partial charge on any atom is 0.339 e. The van der Waals surface area contributed by atoms with Gasteiger partial charge in [-0.25, -0.2) is 4.79 Å². The molecule has 0 saturated carbocycles. The predicted octanol–water partition coefficient (Wildman–Crippen LogP) is 4.69.